The molecule has 29 heavy (non-hydrogen) atoms. The second kappa shape index (κ2) is 7.48. The summed E-state index contributed by atoms with van der Waals surface area (Å²) in [5.41, 5.74) is 5.54. The van der Waals surface area contributed by atoms with Crippen molar-refractivity contribution in [2.45, 2.75) is 20.8 Å². The number of thiophene rings is 1. The van der Waals surface area contributed by atoms with Gasteiger partial charge in [0.25, 0.3) is 11.5 Å². The fourth-order valence-corrected chi connectivity index (χ4v) is 3.92. The number of hydrogen-bond donors (Lipinski definition) is 1. The maximum absolute atomic E-state index is 13.1. The number of nitrogens with one attached hydrogen (secondary N) is 1. The van der Waals surface area contributed by atoms with Crippen molar-refractivity contribution in [3.05, 3.63) is 85.9 Å². The summed E-state index contributed by atoms with van der Waals surface area (Å²) >= 11 is 1.35. The van der Waals surface area contributed by atoms with Gasteiger partial charge in [-0.25, -0.2) is 10.4 Å². The summed E-state index contributed by atoms with van der Waals surface area (Å²) in [6.45, 7) is 5.62. The van der Waals surface area contributed by atoms with Crippen molar-refractivity contribution in [1.29, 1.82) is 0 Å². The smallest absolute Gasteiger partial charge is 0.267 e. The highest BCUT2D eigenvalue weighted by molar-refractivity contribution is 7.12. The van der Waals surface area contributed by atoms with Crippen LogP contribution in [-0.2, 0) is 0 Å². The lowest BCUT2D eigenvalue weighted by Crippen LogP contribution is -2.30. The van der Waals surface area contributed by atoms with E-state index in [0.717, 1.165) is 17.0 Å². The van der Waals surface area contributed by atoms with Crippen LogP contribution >= 0.6 is 11.3 Å². The van der Waals surface area contributed by atoms with Crippen LogP contribution in [0.15, 0.2) is 57.7 Å². The number of carbonyl (C=O) groups excluding carboxylic acids is 1. The van der Waals surface area contributed by atoms with E-state index in [4.69, 9.17) is 0 Å². The first-order chi connectivity index (χ1) is 14.0. The summed E-state index contributed by atoms with van der Waals surface area (Å²) in [6.07, 6.45) is 1.58. The first-order valence-corrected chi connectivity index (χ1v) is 9.90. The molecule has 0 aliphatic carbocycles. The third-order valence-electron chi connectivity index (χ3n) is 4.66. The van der Waals surface area contributed by atoms with Crippen LogP contribution in [0.2, 0.25) is 0 Å². The van der Waals surface area contributed by atoms with Crippen LogP contribution in [0.25, 0.3) is 10.9 Å². The van der Waals surface area contributed by atoms with Crippen LogP contribution in [0.4, 0.5) is 0 Å². The number of fused-ring (bicyclic) bond motifs is 1. The van der Waals surface area contributed by atoms with Crippen LogP contribution in [0, 0.1) is 20.8 Å². The summed E-state index contributed by atoms with van der Waals surface area (Å²) in [7, 11) is 0. The molecular formula is C21H19N5O2S. The van der Waals surface area contributed by atoms with Crippen molar-refractivity contribution >= 4 is 34.4 Å². The molecule has 8 heteroatoms. The van der Waals surface area contributed by atoms with Gasteiger partial charge in [0.1, 0.15) is 5.82 Å². The molecule has 0 aliphatic rings. The third kappa shape index (κ3) is 3.38. The molecule has 1 aromatic carbocycles. The van der Waals surface area contributed by atoms with Gasteiger partial charge in [0.15, 0.2) is 0 Å². The van der Waals surface area contributed by atoms with Gasteiger partial charge in [-0.2, -0.15) is 9.78 Å². The number of aryl methyl sites for hydroxylation is 2. The second-order valence-corrected chi connectivity index (χ2v) is 7.56. The SMILES string of the molecule is Cc1cc(C=NNC(=O)c2cccs2)c(C)n1-n1c(C)nc2ccccc2c1=O. The topological polar surface area (TPSA) is 81.3 Å². The van der Waals surface area contributed by atoms with Crippen LogP contribution < -0.4 is 11.0 Å². The zero-order chi connectivity index (χ0) is 20.5. The summed E-state index contributed by atoms with van der Waals surface area (Å²) in [6, 6.07) is 12.8. The lowest BCUT2D eigenvalue weighted by atomic mass is 10.2. The molecule has 1 amide bonds. The van der Waals surface area contributed by atoms with Crippen molar-refractivity contribution < 1.29 is 4.79 Å². The highest BCUT2D eigenvalue weighted by Crippen LogP contribution is 2.15. The molecule has 7 nitrogen and oxygen atoms in total. The van der Waals surface area contributed by atoms with Crippen LogP contribution in [0.3, 0.4) is 0 Å². The molecule has 0 saturated heterocycles. The van der Waals surface area contributed by atoms with Gasteiger partial charge < -0.3 is 0 Å². The molecule has 0 fully saturated rings. The van der Waals surface area contributed by atoms with Crippen molar-refractivity contribution in [3.8, 4) is 0 Å². The number of aromatic nitrogens is 3. The monoisotopic (exact) mass is 405 g/mol. The van der Waals surface area contributed by atoms with Gasteiger partial charge in [-0.05, 0) is 50.4 Å². The highest BCUT2D eigenvalue weighted by Gasteiger charge is 2.15. The summed E-state index contributed by atoms with van der Waals surface area (Å²) in [5, 5.41) is 6.46. The van der Waals surface area contributed by atoms with Gasteiger partial charge in [0.2, 0.25) is 0 Å². The van der Waals surface area contributed by atoms with Crippen LogP contribution in [0.1, 0.15) is 32.4 Å². The molecule has 4 aromatic rings. The zero-order valence-electron chi connectivity index (χ0n) is 16.2. The number of benzene rings is 1. The fourth-order valence-electron chi connectivity index (χ4n) is 3.31. The van der Waals surface area contributed by atoms with E-state index in [1.54, 1.807) is 23.0 Å². The predicted octanol–water partition coefficient (Wildman–Crippen LogP) is 3.26. The highest BCUT2D eigenvalue weighted by atomic mass is 32.1. The largest absolute Gasteiger partial charge is 0.281 e. The lowest BCUT2D eigenvalue weighted by molar-refractivity contribution is 0.0959. The molecule has 0 unspecified atom stereocenters. The zero-order valence-corrected chi connectivity index (χ0v) is 17.0. The first-order valence-electron chi connectivity index (χ1n) is 9.02. The van der Waals surface area contributed by atoms with E-state index in [0.29, 0.717) is 21.6 Å². The Morgan fingerprint density at radius 1 is 1.14 bits per heavy atom. The second-order valence-electron chi connectivity index (χ2n) is 6.61. The minimum absolute atomic E-state index is 0.135. The van der Waals surface area contributed by atoms with Gasteiger partial charge in [-0.15, -0.1) is 11.3 Å². The van der Waals surface area contributed by atoms with E-state index < -0.39 is 0 Å². The maximum atomic E-state index is 13.1. The molecule has 0 spiro atoms. The lowest BCUT2D eigenvalue weighted by Gasteiger charge is -2.16. The Morgan fingerprint density at radius 3 is 2.69 bits per heavy atom. The van der Waals surface area contributed by atoms with E-state index in [-0.39, 0.29) is 11.5 Å². The summed E-state index contributed by atoms with van der Waals surface area (Å²) in [5.74, 6) is 0.334. The van der Waals surface area contributed by atoms with Crippen molar-refractivity contribution in [2.75, 3.05) is 0 Å². The molecule has 0 saturated carbocycles. The van der Waals surface area contributed by atoms with Crippen molar-refractivity contribution in [3.63, 3.8) is 0 Å². The molecule has 4 rings (SSSR count). The van der Waals surface area contributed by atoms with Crippen molar-refractivity contribution in [1.82, 2.24) is 19.8 Å². The third-order valence-corrected chi connectivity index (χ3v) is 5.53. The molecule has 146 valence electrons. The molecule has 0 atom stereocenters. The molecule has 0 bridgehead atoms. The van der Waals surface area contributed by atoms with Gasteiger partial charge >= 0.3 is 0 Å². The maximum Gasteiger partial charge on any atom is 0.281 e. The van der Waals surface area contributed by atoms with E-state index in [1.165, 1.54) is 11.3 Å². The van der Waals surface area contributed by atoms with Gasteiger partial charge in [-0.1, -0.05) is 18.2 Å². The Balaban J connectivity index is 1.71. The number of rotatable bonds is 4. The Bertz CT molecular complexity index is 1300. The molecule has 3 heterocycles. The van der Waals surface area contributed by atoms with Crippen LogP contribution in [-0.4, -0.2) is 26.5 Å². The average Bonchev–Trinajstić information content (AvgIpc) is 3.32. The first kappa shape index (κ1) is 18.8. The van der Waals surface area contributed by atoms with E-state index in [9.17, 15) is 9.59 Å². The molecule has 0 radical (unpaired) electrons. The normalized spacial score (nSPS) is 11.4. The van der Waals surface area contributed by atoms with E-state index in [1.807, 2.05) is 61.2 Å². The molecule has 0 aliphatic heterocycles. The number of nitrogens with zero attached hydrogens (tertiary/aromatic N) is 4. The Hall–Kier alpha value is -3.52. The van der Waals surface area contributed by atoms with Crippen LogP contribution in [0.5, 0.6) is 0 Å². The number of para-hydroxylation sites is 1. The van der Waals surface area contributed by atoms with Gasteiger partial charge in [0.05, 0.1) is 22.0 Å². The minimum atomic E-state index is -0.254. The number of amides is 1. The Labute approximate surface area is 170 Å². The van der Waals surface area contributed by atoms with Gasteiger partial charge in [0, 0.05) is 17.0 Å². The average molecular weight is 405 g/mol. The molecular weight excluding hydrogens is 386 g/mol. The summed E-state index contributed by atoms with van der Waals surface area (Å²) < 4.78 is 3.38. The Morgan fingerprint density at radius 2 is 1.93 bits per heavy atom. The Kier molecular flexibility index (Phi) is 4.85. The number of hydrogen-bond acceptors (Lipinski definition) is 5. The quantitative estimate of drug-likeness (QED) is 0.418. The minimum Gasteiger partial charge on any atom is -0.267 e. The standard InChI is InChI=1S/C21H19N5O2S/c1-13-11-16(12-22-24-20(27)19-9-6-10-29-19)14(2)25(13)26-15(3)23-18-8-5-4-7-17(18)21(26)28/h4-12H,1-3H3,(H,24,27). The fraction of sp³-hybridized carbons (Fsp3) is 0.143. The summed E-state index contributed by atoms with van der Waals surface area (Å²) in [4.78, 5) is 30.3. The molecule has 1 N–H and O–H groups in total. The predicted molar refractivity (Wildman–Crippen MR) is 115 cm³/mol. The van der Waals surface area contributed by atoms with E-state index in [2.05, 4.69) is 15.5 Å². The van der Waals surface area contributed by atoms with E-state index >= 15 is 0 Å². The number of hydrazone groups is 1. The van der Waals surface area contributed by atoms with Crippen molar-refractivity contribution in [2.24, 2.45) is 5.10 Å². The molecule has 3 aromatic heterocycles. The van der Waals surface area contributed by atoms with Gasteiger partial charge in [-0.3, -0.25) is 14.3 Å². The number of carbonyl (C=O) groups is 1.